The average Bonchev–Trinajstić information content (AvgIpc) is 3.31. The van der Waals surface area contributed by atoms with Gasteiger partial charge < -0.3 is 10.1 Å². The lowest BCUT2D eigenvalue weighted by atomic mass is 10.1. The summed E-state index contributed by atoms with van der Waals surface area (Å²) in [5.41, 5.74) is 3.02. The molecule has 0 unspecified atom stereocenters. The van der Waals surface area contributed by atoms with Crippen molar-refractivity contribution in [3.05, 3.63) is 102 Å². The van der Waals surface area contributed by atoms with Gasteiger partial charge in [-0.2, -0.15) is 5.26 Å². The molecular formula is C28H24N4O2. The number of pyridine rings is 1. The van der Waals surface area contributed by atoms with Gasteiger partial charge in [-0.3, -0.25) is 9.69 Å². The van der Waals surface area contributed by atoms with E-state index in [1.807, 2.05) is 30.3 Å². The lowest BCUT2D eigenvalue weighted by Crippen LogP contribution is -2.37. The fourth-order valence-electron chi connectivity index (χ4n) is 4.22. The Morgan fingerprint density at radius 3 is 2.62 bits per heavy atom. The second-order valence-corrected chi connectivity index (χ2v) is 8.47. The molecule has 1 atom stereocenters. The summed E-state index contributed by atoms with van der Waals surface area (Å²) < 4.78 is 5.88. The number of ether oxygens (including phenoxy) is 1. The maximum Gasteiger partial charge on any atom is 0.270 e. The molecule has 1 fully saturated rings. The summed E-state index contributed by atoms with van der Waals surface area (Å²) in [5.74, 6) is 1.17. The van der Waals surface area contributed by atoms with E-state index in [4.69, 9.17) is 10.00 Å². The molecule has 1 saturated heterocycles. The summed E-state index contributed by atoms with van der Waals surface area (Å²) in [6, 6.07) is 28.8. The van der Waals surface area contributed by atoms with Gasteiger partial charge in [-0.15, -0.1) is 0 Å². The van der Waals surface area contributed by atoms with E-state index < -0.39 is 0 Å². The molecule has 0 aliphatic carbocycles. The molecule has 6 nitrogen and oxygen atoms in total. The largest absolute Gasteiger partial charge is 0.457 e. The fraction of sp³-hybridized carbons (Fsp3) is 0.179. The quantitative estimate of drug-likeness (QED) is 0.454. The van der Waals surface area contributed by atoms with Crippen LogP contribution in [-0.2, 0) is 6.54 Å². The fourth-order valence-corrected chi connectivity index (χ4v) is 4.22. The molecule has 1 N–H and O–H groups in total. The number of fused-ring (bicyclic) bond motifs is 1. The van der Waals surface area contributed by atoms with E-state index in [1.54, 1.807) is 30.3 Å². The van der Waals surface area contributed by atoms with E-state index in [0.29, 0.717) is 22.8 Å². The summed E-state index contributed by atoms with van der Waals surface area (Å²) >= 11 is 0. The van der Waals surface area contributed by atoms with Crippen molar-refractivity contribution < 1.29 is 9.53 Å². The molecule has 3 aromatic carbocycles. The zero-order chi connectivity index (χ0) is 23.3. The van der Waals surface area contributed by atoms with Crippen molar-refractivity contribution in [3.63, 3.8) is 0 Å². The van der Waals surface area contributed by atoms with Crippen molar-refractivity contribution >= 4 is 16.8 Å². The molecule has 1 aliphatic heterocycles. The summed E-state index contributed by atoms with van der Waals surface area (Å²) in [4.78, 5) is 19.8. The maximum absolute atomic E-state index is 12.8. The number of aromatic nitrogens is 1. The molecule has 0 radical (unpaired) electrons. The van der Waals surface area contributed by atoms with Gasteiger partial charge in [0.05, 0.1) is 17.1 Å². The predicted octanol–water partition coefficient (Wildman–Crippen LogP) is 4.90. The van der Waals surface area contributed by atoms with Gasteiger partial charge in [-0.1, -0.05) is 36.4 Å². The summed E-state index contributed by atoms with van der Waals surface area (Å²) in [7, 11) is 0. The van der Waals surface area contributed by atoms with Crippen molar-refractivity contribution in [2.24, 2.45) is 0 Å². The van der Waals surface area contributed by atoms with Crippen LogP contribution in [0.15, 0.2) is 84.9 Å². The van der Waals surface area contributed by atoms with Crippen molar-refractivity contribution in [2.45, 2.75) is 19.0 Å². The standard InChI is InChI=1S/C28H24N4O2/c29-17-20-6-9-24(10-7-20)34-25-11-13-26-22(16-25)8-12-27(31-26)28(33)30-23-14-15-32(19-23)18-21-4-2-1-3-5-21/h1-13,16,23H,14-15,18-19H2,(H,30,33)/t23-/m0/s1. The Kier molecular flexibility index (Phi) is 6.19. The van der Waals surface area contributed by atoms with Crippen LogP contribution in [0.3, 0.4) is 0 Å². The van der Waals surface area contributed by atoms with Crippen molar-refractivity contribution in [1.82, 2.24) is 15.2 Å². The minimum atomic E-state index is -0.147. The van der Waals surface area contributed by atoms with E-state index in [0.717, 1.165) is 37.0 Å². The summed E-state index contributed by atoms with van der Waals surface area (Å²) in [5, 5.41) is 12.9. The van der Waals surface area contributed by atoms with Crippen LogP contribution >= 0.6 is 0 Å². The van der Waals surface area contributed by atoms with E-state index >= 15 is 0 Å². The number of carbonyl (C=O) groups is 1. The molecule has 0 spiro atoms. The minimum Gasteiger partial charge on any atom is -0.457 e. The lowest BCUT2D eigenvalue weighted by molar-refractivity contribution is 0.0933. The Balaban J connectivity index is 1.21. The first kappa shape index (κ1) is 21.6. The van der Waals surface area contributed by atoms with E-state index in [-0.39, 0.29) is 11.9 Å². The van der Waals surface area contributed by atoms with Crippen LogP contribution in [0.2, 0.25) is 0 Å². The van der Waals surface area contributed by atoms with Gasteiger partial charge in [0.25, 0.3) is 5.91 Å². The van der Waals surface area contributed by atoms with Crippen LogP contribution < -0.4 is 10.1 Å². The van der Waals surface area contributed by atoms with Crippen molar-refractivity contribution in [2.75, 3.05) is 13.1 Å². The molecule has 2 heterocycles. The zero-order valence-corrected chi connectivity index (χ0v) is 18.6. The van der Waals surface area contributed by atoms with Gasteiger partial charge in [0, 0.05) is 31.1 Å². The number of rotatable bonds is 6. The SMILES string of the molecule is N#Cc1ccc(Oc2ccc3nc(C(=O)N[C@H]4CCN(Cc5ccccc5)C4)ccc3c2)cc1. The minimum absolute atomic E-state index is 0.122. The Labute approximate surface area is 198 Å². The molecule has 1 aliphatic rings. The molecule has 168 valence electrons. The Bertz CT molecular complexity index is 1350. The lowest BCUT2D eigenvalue weighted by Gasteiger charge is -2.16. The topological polar surface area (TPSA) is 78.2 Å². The van der Waals surface area contributed by atoms with Gasteiger partial charge in [0.1, 0.15) is 17.2 Å². The third kappa shape index (κ3) is 5.06. The van der Waals surface area contributed by atoms with Crippen molar-refractivity contribution in [3.8, 4) is 17.6 Å². The molecule has 1 amide bonds. The van der Waals surface area contributed by atoms with Crippen LogP contribution in [-0.4, -0.2) is 34.9 Å². The number of nitrogens with one attached hydrogen (secondary N) is 1. The molecule has 4 aromatic rings. The van der Waals surface area contributed by atoms with Gasteiger partial charge in [-0.25, -0.2) is 4.98 Å². The highest BCUT2D eigenvalue weighted by Crippen LogP contribution is 2.25. The van der Waals surface area contributed by atoms with Gasteiger partial charge >= 0.3 is 0 Å². The first-order valence-electron chi connectivity index (χ1n) is 11.3. The number of hydrogen-bond donors (Lipinski definition) is 1. The number of carbonyl (C=O) groups excluding carboxylic acids is 1. The molecule has 1 aromatic heterocycles. The zero-order valence-electron chi connectivity index (χ0n) is 18.6. The van der Waals surface area contributed by atoms with Crippen LogP contribution in [0, 0.1) is 11.3 Å². The molecule has 0 bridgehead atoms. The second-order valence-electron chi connectivity index (χ2n) is 8.47. The van der Waals surface area contributed by atoms with Crippen LogP contribution in [0.5, 0.6) is 11.5 Å². The number of nitrogens with zero attached hydrogens (tertiary/aromatic N) is 3. The van der Waals surface area contributed by atoms with Gasteiger partial charge in [0.2, 0.25) is 0 Å². The average molecular weight is 449 g/mol. The maximum atomic E-state index is 12.8. The van der Waals surface area contributed by atoms with Crippen LogP contribution in [0.25, 0.3) is 10.9 Å². The van der Waals surface area contributed by atoms with E-state index in [2.05, 4.69) is 45.5 Å². The first-order valence-corrected chi connectivity index (χ1v) is 11.3. The van der Waals surface area contributed by atoms with E-state index in [9.17, 15) is 4.79 Å². The first-order chi connectivity index (χ1) is 16.7. The third-order valence-corrected chi connectivity index (χ3v) is 5.97. The Morgan fingerprint density at radius 2 is 1.82 bits per heavy atom. The highest BCUT2D eigenvalue weighted by Gasteiger charge is 2.24. The Hall–Kier alpha value is -4.21. The molecule has 34 heavy (non-hydrogen) atoms. The number of likely N-dealkylation sites (tertiary alicyclic amines) is 1. The predicted molar refractivity (Wildman–Crippen MR) is 131 cm³/mol. The molecule has 5 rings (SSSR count). The number of nitriles is 1. The molecule has 0 saturated carbocycles. The number of hydrogen-bond acceptors (Lipinski definition) is 5. The van der Waals surface area contributed by atoms with Crippen LogP contribution in [0.1, 0.15) is 28.0 Å². The smallest absolute Gasteiger partial charge is 0.270 e. The summed E-state index contributed by atoms with van der Waals surface area (Å²) in [6.07, 6.45) is 0.933. The second kappa shape index (κ2) is 9.74. The normalized spacial score (nSPS) is 15.7. The summed E-state index contributed by atoms with van der Waals surface area (Å²) in [6.45, 7) is 2.70. The van der Waals surface area contributed by atoms with E-state index in [1.165, 1.54) is 5.56 Å². The molecule has 6 heteroatoms. The van der Waals surface area contributed by atoms with Crippen LogP contribution in [0.4, 0.5) is 0 Å². The van der Waals surface area contributed by atoms with Gasteiger partial charge in [-0.05, 0) is 60.5 Å². The number of amides is 1. The highest BCUT2D eigenvalue weighted by atomic mass is 16.5. The molecular weight excluding hydrogens is 424 g/mol. The third-order valence-electron chi connectivity index (χ3n) is 5.97. The monoisotopic (exact) mass is 448 g/mol. The van der Waals surface area contributed by atoms with Crippen molar-refractivity contribution in [1.29, 1.82) is 5.26 Å². The number of benzene rings is 3. The highest BCUT2D eigenvalue weighted by molar-refractivity contribution is 5.95. The Morgan fingerprint density at radius 1 is 1.03 bits per heavy atom. The van der Waals surface area contributed by atoms with Gasteiger partial charge in [0.15, 0.2) is 0 Å².